The molecule has 0 aliphatic rings. The van der Waals surface area contributed by atoms with E-state index < -0.39 is 5.97 Å². The van der Waals surface area contributed by atoms with Crippen LogP contribution in [0.5, 0.6) is 0 Å². The number of aromatic nitrogens is 3. The van der Waals surface area contributed by atoms with Crippen LogP contribution >= 0.6 is 11.6 Å². The van der Waals surface area contributed by atoms with Gasteiger partial charge in [0.2, 0.25) is 0 Å². The van der Waals surface area contributed by atoms with Crippen molar-refractivity contribution in [2.75, 3.05) is 7.11 Å². The Morgan fingerprint density at radius 1 is 1.07 bits per heavy atom. The van der Waals surface area contributed by atoms with Gasteiger partial charge in [0.05, 0.1) is 23.3 Å². The minimum absolute atomic E-state index is 0.288. The third-order valence-electron chi connectivity index (χ3n) is 4.30. The summed E-state index contributed by atoms with van der Waals surface area (Å²) in [6.45, 7) is 0. The first-order valence-corrected chi connectivity index (χ1v) is 8.80. The molecule has 0 aliphatic carbocycles. The van der Waals surface area contributed by atoms with Crippen molar-refractivity contribution in [3.63, 3.8) is 0 Å². The van der Waals surface area contributed by atoms with Crippen molar-refractivity contribution in [3.05, 3.63) is 88.8 Å². The summed E-state index contributed by atoms with van der Waals surface area (Å²) in [7, 11) is 1.35. The fourth-order valence-corrected chi connectivity index (χ4v) is 3.21. The van der Waals surface area contributed by atoms with E-state index in [1.807, 2.05) is 48.5 Å². The number of methoxy groups -OCH3 is 1. The molecule has 3 aromatic heterocycles. The first-order chi connectivity index (χ1) is 13.2. The maximum Gasteiger partial charge on any atom is 0.356 e. The molecule has 0 bridgehead atoms. The van der Waals surface area contributed by atoms with Crippen molar-refractivity contribution in [1.82, 2.24) is 14.6 Å². The summed E-state index contributed by atoms with van der Waals surface area (Å²) in [6, 6.07) is 19.1. The average Bonchev–Trinajstić information content (AvgIpc) is 3.05. The molecule has 4 rings (SSSR count). The lowest BCUT2D eigenvalue weighted by Gasteiger charge is -2.05. The predicted molar refractivity (Wildman–Crippen MR) is 104 cm³/mol. The van der Waals surface area contributed by atoms with Gasteiger partial charge >= 0.3 is 5.97 Å². The zero-order chi connectivity index (χ0) is 18.8. The lowest BCUT2D eigenvalue weighted by molar-refractivity contribution is 0.0593. The number of rotatable bonds is 4. The molecular weight excluding hydrogens is 362 g/mol. The molecule has 0 unspecified atom stereocenters. The molecule has 3 heterocycles. The molecule has 134 valence electrons. The molecule has 0 saturated heterocycles. The van der Waals surface area contributed by atoms with E-state index in [9.17, 15) is 4.79 Å². The Balaban J connectivity index is 1.84. The van der Waals surface area contributed by atoms with Crippen molar-refractivity contribution in [2.24, 2.45) is 0 Å². The number of carbonyl (C=O) groups is 1. The third kappa shape index (κ3) is 3.41. The van der Waals surface area contributed by atoms with Crippen LogP contribution in [0.15, 0.2) is 66.9 Å². The lowest BCUT2D eigenvalue weighted by Crippen LogP contribution is -2.06. The van der Waals surface area contributed by atoms with Gasteiger partial charge in [-0.1, -0.05) is 48.0 Å². The van der Waals surface area contributed by atoms with Crippen molar-refractivity contribution in [3.8, 4) is 11.3 Å². The highest BCUT2D eigenvalue weighted by molar-refractivity contribution is 6.30. The van der Waals surface area contributed by atoms with Gasteiger partial charge in [-0.25, -0.2) is 14.3 Å². The Morgan fingerprint density at radius 2 is 1.89 bits per heavy atom. The molecule has 0 amide bonds. The third-order valence-corrected chi connectivity index (χ3v) is 4.53. The number of nitrogens with zero attached hydrogens (tertiary/aromatic N) is 3. The molecule has 0 spiro atoms. The quantitative estimate of drug-likeness (QED) is 0.494. The van der Waals surface area contributed by atoms with Gasteiger partial charge in [0.1, 0.15) is 5.69 Å². The van der Waals surface area contributed by atoms with Crippen molar-refractivity contribution in [1.29, 1.82) is 0 Å². The number of carbonyl (C=O) groups excluding carboxylic acids is 1. The maximum absolute atomic E-state index is 11.8. The molecule has 0 aliphatic heterocycles. The molecule has 0 atom stereocenters. The summed E-state index contributed by atoms with van der Waals surface area (Å²) < 4.78 is 6.55. The molecule has 0 radical (unpaired) electrons. The molecule has 27 heavy (non-hydrogen) atoms. The SMILES string of the molecule is COC(=O)c1cccc(Cc2c(-c3ccccc3)nn3cc(Cl)ccc23)n1. The molecule has 5 nitrogen and oxygen atoms in total. The van der Waals surface area contributed by atoms with Gasteiger partial charge in [-0.05, 0) is 24.3 Å². The summed E-state index contributed by atoms with van der Waals surface area (Å²) in [4.78, 5) is 16.2. The standard InChI is InChI=1S/C21H16ClN3O2/c1-27-21(26)18-9-5-8-16(23-18)12-17-19-11-10-15(22)13-25(19)24-20(17)14-6-3-2-4-7-14/h2-11,13H,12H2,1H3. The fourth-order valence-electron chi connectivity index (χ4n) is 3.05. The van der Waals surface area contributed by atoms with E-state index in [1.54, 1.807) is 22.8 Å². The minimum atomic E-state index is -0.452. The van der Waals surface area contributed by atoms with Crippen LogP contribution in [0, 0.1) is 0 Å². The van der Waals surface area contributed by atoms with E-state index in [0.717, 1.165) is 28.0 Å². The van der Waals surface area contributed by atoms with Crippen LogP contribution in [0.2, 0.25) is 5.02 Å². The van der Waals surface area contributed by atoms with Gasteiger partial charge in [-0.15, -0.1) is 0 Å². The first-order valence-electron chi connectivity index (χ1n) is 8.42. The molecule has 1 aromatic carbocycles. The van der Waals surface area contributed by atoms with E-state index in [-0.39, 0.29) is 5.69 Å². The van der Waals surface area contributed by atoms with Crippen molar-refractivity contribution >= 4 is 23.1 Å². The number of halogens is 1. The maximum atomic E-state index is 11.8. The molecule has 0 N–H and O–H groups in total. The molecular formula is C21H16ClN3O2. The summed E-state index contributed by atoms with van der Waals surface area (Å²) in [5.74, 6) is -0.452. The highest BCUT2D eigenvalue weighted by Gasteiger charge is 2.16. The Labute approximate surface area is 161 Å². The topological polar surface area (TPSA) is 56.5 Å². The van der Waals surface area contributed by atoms with Crippen molar-refractivity contribution in [2.45, 2.75) is 6.42 Å². The van der Waals surface area contributed by atoms with Gasteiger partial charge in [-0.2, -0.15) is 5.10 Å². The summed E-state index contributed by atoms with van der Waals surface area (Å²) in [5.41, 5.74) is 4.89. The van der Waals surface area contributed by atoms with Crippen LogP contribution in [0.4, 0.5) is 0 Å². The van der Waals surface area contributed by atoms with Gasteiger partial charge in [-0.3, -0.25) is 0 Å². The van der Waals surface area contributed by atoms with E-state index in [1.165, 1.54) is 7.11 Å². The Hall–Kier alpha value is -3.18. The van der Waals surface area contributed by atoms with Gasteiger partial charge in [0.15, 0.2) is 0 Å². The summed E-state index contributed by atoms with van der Waals surface area (Å²) in [5, 5.41) is 5.34. The van der Waals surface area contributed by atoms with E-state index in [4.69, 9.17) is 21.4 Å². The van der Waals surface area contributed by atoms with Gasteiger partial charge in [0.25, 0.3) is 0 Å². The van der Waals surface area contributed by atoms with Crippen LogP contribution in [0.25, 0.3) is 16.8 Å². The zero-order valence-electron chi connectivity index (χ0n) is 14.6. The second kappa shape index (κ2) is 7.21. The Morgan fingerprint density at radius 3 is 2.67 bits per heavy atom. The lowest BCUT2D eigenvalue weighted by atomic mass is 10.0. The number of fused-ring (bicyclic) bond motifs is 1. The van der Waals surface area contributed by atoms with Crippen LogP contribution < -0.4 is 0 Å². The van der Waals surface area contributed by atoms with E-state index >= 15 is 0 Å². The number of benzene rings is 1. The number of esters is 1. The number of pyridine rings is 2. The zero-order valence-corrected chi connectivity index (χ0v) is 15.3. The van der Waals surface area contributed by atoms with E-state index in [0.29, 0.717) is 11.4 Å². The summed E-state index contributed by atoms with van der Waals surface area (Å²) >= 11 is 6.13. The van der Waals surface area contributed by atoms with Crippen LogP contribution in [-0.4, -0.2) is 27.7 Å². The minimum Gasteiger partial charge on any atom is -0.464 e. The van der Waals surface area contributed by atoms with Crippen molar-refractivity contribution < 1.29 is 9.53 Å². The summed E-state index contributed by atoms with van der Waals surface area (Å²) in [6.07, 6.45) is 2.31. The predicted octanol–water partition coefficient (Wildman–Crippen LogP) is 4.43. The van der Waals surface area contributed by atoms with Gasteiger partial charge < -0.3 is 4.74 Å². The molecule has 6 heteroatoms. The monoisotopic (exact) mass is 377 g/mol. The van der Waals surface area contributed by atoms with E-state index in [2.05, 4.69) is 4.98 Å². The first kappa shape index (κ1) is 17.2. The second-order valence-corrected chi connectivity index (χ2v) is 6.49. The number of hydrogen-bond acceptors (Lipinski definition) is 4. The average molecular weight is 378 g/mol. The van der Waals surface area contributed by atoms with Crippen LogP contribution in [0.3, 0.4) is 0 Å². The molecule has 4 aromatic rings. The number of hydrogen-bond donors (Lipinski definition) is 0. The van der Waals surface area contributed by atoms with Crippen LogP contribution in [-0.2, 0) is 11.2 Å². The second-order valence-electron chi connectivity index (χ2n) is 6.05. The Bertz CT molecular complexity index is 1120. The smallest absolute Gasteiger partial charge is 0.356 e. The molecule has 0 fully saturated rings. The van der Waals surface area contributed by atoms with Crippen LogP contribution in [0.1, 0.15) is 21.7 Å². The highest BCUT2D eigenvalue weighted by Crippen LogP contribution is 2.29. The van der Waals surface area contributed by atoms with Gasteiger partial charge in [0, 0.05) is 29.4 Å². The fraction of sp³-hybridized carbons (Fsp3) is 0.0952. The highest BCUT2D eigenvalue weighted by atomic mass is 35.5. The Kier molecular flexibility index (Phi) is 4.60. The largest absolute Gasteiger partial charge is 0.464 e. The molecule has 0 saturated carbocycles. The number of ether oxygens (including phenoxy) is 1. The normalized spacial score (nSPS) is 10.9.